The number of benzene rings is 1. The van der Waals surface area contributed by atoms with E-state index in [1.807, 2.05) is 6.07 Å². The van der Waals surface area contributed by atoms with E-state index in [4.69, 9.17) is 16.9 Å². The van der Waals surface area contributed by atoms with E-state index in [0.29, 0.717) is 0 Å². The van der Waals surface area contributed by atoms with Gasteiger partial charge in [-0.15, -0.1) is 0 Å². The largest absolute Gasteiger partial charge is 0.353 e. The smallest absolute Gasteiger partial charge is 0.242 e. The second-order valence-electron chi connectivity index (χ2n) is 4.76. The van der Waals surface area contributed by atoms with Crippen LogP contribution in [0.5, 0.6) is 0 Å². The first kappa shape index (κ1) is 17.4. The highest BCUT2D eigenvalue weighted by molar-refractivity contribution is 7.89. The monoisotopic (exact) mass is 329 g/mol. The highest BCUT2D eigenvalue weighted by Crippen LogP contribution is 2.22. The molecule has 1 rings (SSSR count). The predicted molar refractivity (Wildman–Crippen MR) is 79.2 cm³/mol. The Bertz CT molecular complexity index is 680. The van der Waals surface area contributed by atoms with Crippen LogP contribution in [0.3, 0.4) is 0 Å². The zero-order chi connectivity index (χ0) is 16.2. The zero-order valence-electron chi connectivity index (χ0n) is 11.8. The molecule has 0 aliphatic heterocycles. The van der Waals surface area contributed by atoms with Gasteiger partial charge in [0.25, 0.3) is 0 Å². The first-order valence-corrected chi connectivity index (χ1v) is 8.06. The van der Waals surface area contributed by atoms with Gasteiger partial charge in [0.05, 0.1) is 22.7 Å². The van der Waals surface area contributed by atoms with E-state index in [9.17, 15) is 13.2 Å². The number of nitrogens with one attached hydrogen (secondary N) is 2. The second-order valence-corrected chi connectivity index (χ2v) is 6.85. The summed E-state index contributed by atoms with van der Waals surface area (Å²) in [6.45, 7) is 4.97. The van der Waals surface area contributed by atoms with Gasteiger partial charge in [0.15, 0.2) is 0 Å². The molecule has 0 aliphatic carbocycles. The number of hydrogen-bond donors (Lipinski definition) is 2. The van der Waals surface area contributed by atoms with Crippen LogP contribution in [0.25, 0.3) is 0 Å². The van der Waals surface area contributed by atoms with E-state index in [2.05, 4.69) is 10.0 Å². The number of hydrogen-bond acceptors (Lipinski definition) is 4. The quantitative estimate of drug-likeness (QED) is 0.853. The highest BCUT2D eigenvalue weighted by Gasteiger charge is 2.24. The van der Waals surface area contributed by atoms with E-state index in [-0.39, 0.29) is 21.5 Å². The summed E-state index contributed by atoms with van der Waals surface area (Å²) in [4.78, 5) is 11.5. The van der Waals surface area contributed by atoms with Gasteiger partial charge >= 0.3 is 0 Å². The molecule has 114 valence electrons. The minimum absolute atomic E-state index is 0.0158. The molecule has 2 N–H and O–H groups in total. The molecule has 1 unspecified atom stereocenters. The van der Waals surface area contributed by atoms with Crippen molar-refractivity contribution in [3.63, 3.8) is 0 Å². The van der Waals surface area contributed by atoms with Gasteiger partial charge in [-0.1, -0.05) is 11.6 Å². The molecule has 0 saturated heterocycles. The molecule has 0 radical (unpaired) electrons. The van der Waals surface area contributed by atoms with Crippen molar-refractivity contribution in [2.75, 3.05) is 0 Å². The van der Waals surface area contributed by atoms with Crippen LogP contribution >= 0.6 is 11.6 Å². The Hall–Kier alpha value is -1.62. The molecule has 1 aromatic rings. The van der Waals surface area contributed by atoms with E-state index >= 15 is 0 Å². The van der Waals surface area contributed by atoms with Crippen LogP contribution in [0.1, 0.15) is 26.3 Å². The number of rotatable bonds is 5. The van der Waals surface area contributed by atoms with Crippen LogP contribution in [-0.2, 0) is 14.8 Å². The van der Waals surface area contributed by atoms with Crippen molar-refractivity contribution < 1.29 is 13.2 Å². The van der Waals surface area contributed by atoms with Crippen molar-refractivity contribution in [3.8, 4) is 6.07 Å². The zero-order valence-corrected chi connectivity index (χ0v) is 13.4. The molecule has 8 heteroatoms. The maximum absolute atomic E-state index is 12.2. The van der Waals surface area contributed by atoms with Crippen LogP contribution < -0.4 is 10.0 Å². The second kappa shape index (κ2) is 6.89. The number of nitriles is 1. The summed E-state index contributed by atoms with van der Waals surface area (Å²) in [6, 6.07) is 4.68. The maximum atomic E-state index is 12.2. The number of halogens is 1. The lowest BCUT2D eigenvalue weighted by atomic mass is 10.2. The summed E-state index contributed by atoms with van der Waals surface area (Å²) < 4.78 is 26.7. The molecule has 0 saturated carbocycles. The number of amides is 1. The van der Waals surface area contributed by atoms with Gasteiger partial charge in [0, 0.05) is 6.04 Å². The number of carbonyl (C=O) groups excluding carboxylic acids is 1. The van der Waals surface area contributed by atoms with E-state index in [1.54, 1.807) is 13.8 Å². The molecule has 0 aliphatic rings. The SMILES string of the molecule is CC(C)NC(=O)C(C)NS(=O)(=O)c1cc(C#N)ccc1Cl. The predicted octanol–water partition coefficient (Wildman–Crippen LogP) is 1.40. The number of nitrogens with zero attached hydrogens (tertiary/aromatic N) is 1. The van der Waals surface area contributed by atoms with Crippen LogP contribution in [-0.4, -0.2) is 26.4 Å². The van der Waals surface area contributed by atoms with Gasteiger partial charge in [0.2, 0.25) is 15.9 Å². The molecular weight excluding hydrogens is 314 g/mol. The van der Waals surface area contributed by atoms with Gasteiger partial charge in [-0.05, 0) is 39.0 Å². The molecule has 0 bridgehead atoms. The lowest BCUT2D eigenvalue weighted by Crippen LogP contribution is -2.46. The molecule has 0 heterocycles. The van der Waals surface area contributed by atoms with E-state index < -0.39 is 22.0 Å². The Morgan fingerprint density at radius 1 is 1.33 bits per heavy atom. The third kappa shape index (κ3) is 4.70. The molecule has 0 aromatic heterocycles. The lowest BCUT2D eigenvalue weighted by Gasteiger charge is -2.16. The third-order valence-corrected chi connectivity index (χ3v) is 4.53. The van der Waals surface area contributed by atoms with Crippen LogP contribution in [0.2, 0.25) is 5.02 Å². The summed E-state index contributed by atoms with van der Waals surface area (Å²) in [5.74, 6) is -0.443. The molecule has 21 heavy (non-hydrogen) atoms. The molecule has 1 amide bonds. The minimum atomic E-state index is -4.00. The number of sulfonamides is 1. The Labute approximate surface area is 129 Å². The number of carbonyl (C=O) groups is 1. The molecular formula is C13H16ClN3O3S. The van der Waals surface area contributed by atoms with Gasteiger partial charge in [-0.3, -0.25) is 4.79 Å². The van der Waals surface area contributed by atoms with Crippen LogP contribution in [0.15, 0.2) is 23.1 Å². The Balaban J connectivity index is 3.02. The van der Waals surface area contributed by atoms with Crippen molar-refractivity contribution in [2.45, 2.75) is 37.8 Å². The minimum Gasteiger partial charge on any atom is -0.353 e. The van der Waals surface area contributed by atoms with Crippen molar-refractivity contribution in [1.29, 1.82) is 5.26 Å². The van der Waals surface area contributed by atoms with Gasteiger partial charge in [-0.25, -0.2) is 8.42 Å². The van der Waals surface area contributed by atoms with Crippen molar-refractivity contribution in [1.82, 2.24) is 10.0 Å². The normalized spacial score (nSPS) is 12.8. The topological polar surface area (TPSA) is 99.1 Å². The Morgan fingerprint density at radius 2 is 1.95 bits per heavy atom. The van der Waals surface area contributed by atoms with Gasteiger partial charge in [-0.2, -0.15) is 9.98 Å². The summed E-state index contributed by atoms with van der Waals surface area (Å²) in [5, 5.41) is 11.4. The molecule has 1 aromatic carbocycles. The molecule has 1 atom stereocenters. The van der Waals surface area contributed by atoms with Gasteiger partial charge < -0.3 is 5.32 Å². The highest BCUT2D eigenvalue weighted by atomic mass is 35.5. The fraction of sp³-hybridized carbons (Fsp3) is 0.385. The molecule has 0 spiro atoms. The summed E-state index contributed by atoms with van der Waals surface area (Å²) in [6.07, 6.45) is 0. The Kier molecular flexibility index (Phi) is 5.72. The Morgan fingerprint density at radius 3 is 2.48 bits per heavy atom. The van der Waals surface area contributed by atoms with Crippen LogP contribution in [0, 0.1) is 11.3 Å². The molecule has 6 nitrogen and oxygen atoms in total. The summed E-state index contributed by atoms with van der Waals surface area (Å²) >= 11 is 5.86. The fourth-order valence-corrected chi connectivity index (χ4v) is 3.27. The first-order chi connectivity index (χ1) is 9.67. The van der Waals surface area contributed by atoms with Crippen molar-refractivity contribution in [2.24, 2.45) is 0 Å². The maximum Gasteiger partial charge on any atom is 0.242 e. The first-order valence-electron chi connectivity index (χ1n) is 6.19. The average molecular weight is 330 g/mol. The molecule has 0 fully saturated rings. The van der Waals surface area contributed by atoms with E-state index in [1.165, 1.54) is 19.1 Å². The summed E-state index contributed by atoms with van der Waals surface area (Å²) in [5.41, 5.74) is 0.166. The van der Waals surface area contributed by atoms with Gasteiger partial charge in [0.1, 0.15) is 4.90 Å². The van der Waals surface area contributed by atoms with Crippen molar-refractivity contribution in [3.05, 3.63) is 28.8 Å². The van der Waals surface area contributed by atoms with Crippen LogP contribution in [0.4, 0.5) is 0 Å². The van der Waals surface area contributed by atoms with E-state index in [0.717, 1.165) is 6.07 Å². The summed E-state index contributed by atoms with van der Waals surface area (Å²) in [7, 11) is -4.00. The fourth-order valence-electron chi connectivity index (χ4n) is 1.54. The van der Waals surface area contributed by atoms with Crippen molar-refractivity contribution >= 4 is 27.5 Å². The third-order valence-electron chi connectivity index (χ3n) is 2.51. The average Bonchev–Trinajstić information content (AvgIpc) is 2.37. The standard InChI is InChI=1S/C13H16ClN3O3S/c1-8(2)16-13(18)9(3)17-21(19,20)12-6-10(7-15)4-5-11(12)14/h4-6,8-9,17H,1-3H3,(H,16,18). The lowest BCUT2D eigenvalue weighted by molar-refractivity contribution is -0.122.